The Labute approximate surface area is 123 Å². The third kappa shape index (κ3) is 4.32. The van der Waals surface area contributed by atoms with Crippen molar-refractivity contribution in [3.63, 3.8) is 0 Å². The van der Waals surface area contributed by atoms with E-state index in [1.807, 2.05) is 0 Å². The van der Waals surface area contributed by atoms with E-state index >= 15 is 0 Å². The van der Waals surface area contributed by atoms with Crippen LogP contribution >= 0.6 is 0 Å². The van der Waals surface area contributed by atoms with E-state index in [0.717, 1.165) is 32.1 Å². The molecule has 0 spiro atoms. The number of ether oxygens (including phenoxy) is 1. The molecule has 1 saturated heterocycles. The van der Waals surface area contributed by atoms with Crippen LogP contribution in [0.5, 0.6) is 0 Å². The third-order valence-electron chi connectivity index (χ3n) is 4.36. The maximum atomic E-state index is 5.49. The molecule has 2 nitrogen and oxygen atoms in total. The molecule has 0 amide bonds. The van der Waals surface area contributed by atoms with Crippen LogP contribution in [0.1, 0.15) is 56.7 Å². The zero-order valence-electron chi connectivity index (χ0n) is 13.0. The number of benzene rings is 1. The molecule has 1 heterocycles. The van der Waals surface area contributed by atoms with Crippen molar-refractivity contribution < 1.29 is 4.74 Å². The molecular weight excluding hydrogens is 246 g/mol. The topological polar surface area (TPSA) is 21.3 Å². The first-order valence-electron chi connectivity index (χ1n) is 8.24. The summed E-state index contributed by atoms with van der Waals surface area (Å²) < 4.78 is 5.49. The molecule has 1 aromatic carbocycles. The minimum absolute atomic E-state index is 0.509. The molecule has 112 valence electrons. The van der Waals surface area contributed by atoms with Crippen molar-refractivity contribution in [2.75, 3.05) is 19.8 Å². The zero-order valence-corrected chi connectivity index (χ0v) is 13.0. The summed E-state index contributed by atoms with van der Waals surface area (Å²) in [6.07, 6.45) is 6.00. The highest BCUT2D eigenvalue weighted by Gasteiger charge is 2.21. The SMILES string of the molecule is CCCNC(CC1CCOCC1)c1ccccc1CC. The summed E-state index contributed by atoms with van der Waals surface area (Å²) in [6, 6.07) is 9.44. The highest BCUT2D eigenvalue weighted by Crippen LogP contribution is 2.29. The Morgan fingerprint density at radius 2 is 1.95 bits per heavy atom. The van der Waals surface area contributed by atoms with Crippen molar-refractivity contribution in [2.45, 2.75) is 52.0 Å². The first-order chi connectivity index (χ1) is 9.85. The van der Waals surface area contributed by atoms with Crippen LogP contribution < -0.4 is 5.32 Å². The highest BCUT2D eigenvalue weighted by molar-refractivity contribution is 5.30. The molecule has 2 heteroatoms. The highest BCUT2D eigenvalue weighted by atomic mass is 16.5. The third-order valence-corrected chi connectivity index (χ3v) is 4.36. The van der Waals surface area contributed by atoms with Gasteiger partial charge in [0.25, 0.3) is 0 Å². The summed E-state index contributed by atoms with van der Waals surface area (Å²) in [5, 5.41) is 3.77. The maximum absolute atomic E-state index is 5.49. The van der Waals surface area contributed by atoms with Gasteiger partial charge in [-0.15, -0.1) is 0 Å². The van der Waals surface area contributed by atoms with Gasteiger partial charge in [0, 0.05) is 19.3 Å². The van der Waals surface area contributed by atoms with Crippen LogP contribution in [0.25, 0.3) is 0 Å². The van der Waals surface area contributed by atoms with Crippen LogP contribution in [0.3, 0.4) is 0 Å². The lowest BCUT2D eigenvalue weighted by atomic mass is 9.87. The van der Waals surface area contributed by atoms with Crippen LogP contribution in [0, 0.1) is 5.92 Å². The zero-order chi connectivity index (χ0) is 14.2. The normalized spacial score (nSPS) is 18.1. The van der Waals surface area contributed by atoms with E-state index in [9.17, 15) is 0 Å². The second-order valence-electron chi connectivity index (χ2n) is 5.85. The van der Waals surface area contributed by atoms with Crippen molar-refractivity contribution >= 4 is 0 Å². The maximum Gasteiger partial charge on any atom is 0.0468 e. The van der Waals surface area contributed by atoms with E-state index in [2.05, 4.69) is 43.4 Å². The molecule has 0 saturated carbocycles. The number of hydrogen-bond donors (Lipinski definition) is 1. The Kier molecular flexibility index (Phi) is 6.55. The van der Waals surface area contributed by atoms with E-state index < -0.39 is 0 Å². The molecule has 1 atom stereocenters. The van der Waals surface area contributed by atoms with E-state index in [0.29, 0.717) is 6.04 Å². The molecule has 1 N–H and O–H groups in total. The van der Waals surface area contributed by atoms with Crippen LogP contribution in [0.4, 0.5) is 0 Å². The van der Waals surface area contributed by atoms with E-state index in [4.69, 9.17) is 4.74 Å². The first-order valence-corrected chi connectivity index (χ1v) is 8.24. The Bertz CT molecular complexity index is 385. The molecule has 0 aliphatic carbocycles. The van der Waals surface area contributed by atoms with Crippen LogP contribution in [0.2, 0.25) is 0 Å². The quantitative estimate of drug-likeness (QED) is 0.808. The molecule has 0 radical (unpaired) electrons. The standard InChI is InChI=1S/C18H29NO/c1-3-11-19-18(14-15-9-12-20-13-10-15)17-8-6-5-7-16(17)4-2/h5-8,15,18-19H,3-4,9-14H2,1-2H3. The molecule has 1 unspecified atom stereocenters. The molecule has 0 bridgehead atoms. The molecule has 20 heavy (non-hydrogen) atoms. The van der Waals surface area contributed by atoms with Crippen molar-refractivity contribution in [3.05, 3.63) is 35.4 Å². The van der Waals surface area contributed by atoms with Crippen molar-refractivity contribution in [3.8, 4) is 0 Å². The van der Waals surface area contributed by atoms with Gasteiger partial charge < -0.3 is 10.1 Å². The van der Waals surface area contributed by atoms with Gasteiger partial charge in [0.15, 0.2) is 0 Å². The Hall–Kier alpha value is -0.860. The summed E-state index contributed by atoms with van der Waals surface area (Å²) in [4.78, 5) is 0. The first kappa shape index (κ1) is 15.5. The Morgan fingerprint density at radius 1 is 1.20 bits per heavy atom. The van der Waals surface area contributed by atoms with Gasteiger partial charge in [-0.2, -0.15) is 0 Å². The van der Waals surface area contributed by atoms with E-state index in [1.165, 1.54) is 36.8 Å². The summed E-state index contributed by atoms with van der Waals surface area (Å²) in [7, 11) is 0. The number of hydrogen-bond acceptors (Lipinski definition) is 2. The molecule has 1 aliphatic rings. The number of rotatable bonds is 7. The predicted molar refractivity (Wildman–Crippen MR) is 85.0 cm³/mol. The Morgan fingerprint density at radius 3 is 2.65 bits per heavy atom. The van der Waals surface area contributed by atoms with E-state index in [-0.39, 0.29) is 0 Å². The average Bonchev–Trinajstić information content (AvgIpc) is 2.52. The minimum Gasteiger partial charge on any atom is -0.381 e. The van der Waals surface area contributed by atoms with Gasteiger partial charge in [-0.05, 0) is 55.7 Å². The van der Waals surface area contributed by atoms with Crippen LogP contribution in [0.15, 0.2) is 24.3 Å². The molecular formula is C18H29NO. The number of nitrogens with one attached hydrogen (secondary N) is 1. The fourth-order valence-electron chi connectivity index (χ4n) is 3.15. The minimum atomic E-state index is 0.509. The second-order valence-corrected chi connectivity index (χ2v) is 5.85. The lowest BCUT2D eigenvalue weighted by molar-refractivity contribution is 0.0605. The average molecular weight is 275 g/mol. The lowest BCUT2D eigenvalue weighted by Gasteiger charge is -2.28. The molecule has 0 aromatic heterocycles. The van der Waals surface area contributed by atoms with E-state index in [1.54, 1.807) is 0 Å². The van der Waals surface area contributed by atoms with Gasteiger partial charge in [-0.25, -0.2) is 0 Å². The predicted octanol–water partition coefficient (Wildman–Crippen LogP) is 4.11. The summed E-state index contributed by atoms with van der Waals surface area (Å²) >= 11 is 0. The van der Waals surface area contributed by atoms with Crippen LogP contribution in [-0.4, -0.2) is 19.8 Å². The fourth-order valence-corrected chi connectivity index (χ4v) is 3.15. The summed E-state index contributed by atoms with van der Waals surface area (Å²) in [6.45, 7) is 7.49. The van der Waals surface area contributed by atoms with Crippen molar-refractivity contribution in [1.29, 1.82) is 0 Å². The fraction of sp³-hybridized carbons (Fsp3) is 0.667. The monoisotopic (exact) mass is 275 g/mol. The smallest absolute Gasteiger partial charge is 0.0468 e. The summed E-state index contributed by atoms with van der Waals surface area (Å²) in [5.74, 6) is 0.808. The van der Waals surface area contributed by atoms with Gasteiger partial charge in [0.2, 0.25) is 0 Å². The van der Waals surface area contributed by atoms with Crippen molar-refractivity contribution in [1.82, 2.24) is 5.32 Å². The molecule has 1 aromatic rings. The van der Waals surface area contributed by atoms with Crippen molar-refractivity contribution in [2.24, 2.45) is 5.92 Å². The van der Waals surface area contributed by atoms with Gasteiger partial charge in [-0.1, -0.05) is 38.1 Å². The summed E-state index contributed by atoms with van der Waals surface area (Å²) in [5.41, 5.74) is 3.00. The Balaban J connectivity index is 2.08. The van der Waals surface area contributed by atoms with Gasteiger partial charge in [-0.3, -0.25) is 0 Å². The lowest BCUT2D eigenvalue weighted by Crippen LogP contribution is -2.27. The largest absolute Gasteiger partial charge is 0.381 e. The molecule has 1 aliphatic heterocycles. The van der Waals surface area contributed by atoms with Gasteiger partial charge >= 0.3 is 0 Å². The van der Waals surface area contributed by atoms with Gasteiger partial charge in [0.1, 0.15) is 0 Å². The van der Waals surface area contributed by atoms with Crippen LogP contribution in [-0.2, 0) is 11.2 Å². The number of aryl methyl sites for hydroxylation is 1. The van der Waals surface area contributed by atoms with Gasteiger partial charge in [0.05, 0.1) is 0 Å². The molecule has 1 fully saturated rings. The molecule has 2 rings (SSSR count). The second kappa shape index (κ2) is 8.43.